The normalized spacial score (nSPS) is 21.7. The number of carbonyl (C=O) groups is 2. The zero-order valence-corrected chi connectivity index (χ0v) is 12.0. The summed E-state index contributed by atoms with van der Waals surface area (Å²) in [4.78, 5) is 24.5. The molecule has 114 valence electrons. The van der Waals surface area contributed by atoms with Gasteiger partial charge in [-0.05, 0) is 13.0 Å². The van der Waals surface area contributed by atoms with Crippen molar-refractivity contribution in [3.63, 3.8) is 0 Å². The lowest BCUT2D eigenvalue weighted by molar-refractivity contribution is -0.930. The van der Waals surface area contributed by atoms with E-state index >= 15 is 0 Å². The fourth-order valence-corrected chi connectivity index (χ4v) is 2.55. The number of ether oxygens (including phenoxy) is 1. The molecule has 1 saturated heterocycles. The van der Waals surface area contributed by atoms with Crippen LogP contribution in [-0.4, -0.2) is 37.6 Å². The lowest BCUT2D eigenvalue weighted by atomic mass is 10.1. The van der Waals surface area contributed by atoms with Crippen molar-refractivity contribution in [1.29, 1.82) is 0 Å². The maximum atomic E-state index is 13.7. The van der Waals surface area contributed by atoms with Gasteiger partial charge in [-0.2, -0.15) is 0 Å². The Morgan fingerprint density at radius 2 is 2.24 bits per heavy atom. The number of rotatable bonds is 5. The van der Waals surface area contributed by atoms with E-state index in [0.29, 0.717) is 25.2 Å². The average Bonchev–Trinajstić information content (AvgIpc) is 2.45. The summed E-state index contributed by atoms with van der Waals surface area (Å²) in [6, 6.07) is 5.97. The van der Waals surface area contributed by atoms with Crippen molar-refractivity contribution >= 4 is 11.9 Å². The van der Waals surface area contributed by atoms with Crippen LogP contribution in [0, 0.1) is 5.82 Å². The first-order chi connectivity index (χ1) is 10.1. The van der Waals surface area contributed by atoms with E-state index in [2.05, 4.69) is 5.32 Å². The summed E-state index contributed by atoms with van der Waals surface area (Å²) in [5.41, 5.74) is 0.552. The van der Waals surface area contributed by atoms with Crippen molar-refractivity contribution in [2.75, 3.05) is 19.7 Å². The van der Waals surface area contributed by atoms with Crippen LogP contribution in [0.15, 0.2) is 24.3 Å². The third-order valence-electron chi connectivity index (χ3n) is 3.61. The first-order valence-electron chi connectivity index (χ1n) is 7.13. The zero-order valence-electron chi connectivity index (χ0n) is 12.0. The van der Waals surface area contributed by atoms with Gasteiger partial charge in [0.2, 0.25) is 0 Å². The first-order valence-corrected chi connectivity index (χ1v) is 7.13. The number of esters is 1. The second kappa shape index (κ2) is 7.17. The Labute approximate surface area is 123 Å². The molecule has 1 aromatic rings. The molecule has 5 nitrogen and oxygen atoms in total. The predicted molar refractivity (Wildman–Crippen MR) is 74.0 cm³/mol. The summed E-state index contributed by atoms with van der Waals surface area (Å²) >= 11 is 0. The SMILES string of the molecule is CCOC(=O)C[C@H]1C(=O)NCC[NH+]1Cc1ccccc1F. The number of nitrogens with one attached hydrogen (secondary N) is 2. The molecule has 0 spiro atoms. The molecule has 1 aliphatic heterocycles. The molecule has 0 saturated carbocycles. The second-order valence-corrected chi connectivity index (χ2v) is 5.03. The Morgan fingerprint density at radius 1 is 1.48 bits per heavy atom. The van der Waals surface area contributed by atoms with Crippen LogP contribution in [0.1, 0.15) is 18.9 Å². The van der Waals surface area contributed by atoms with Crippen molar-refractivity contribution in [3.05, 3.63) is 35.6 Å². The highest BCUT2D eigenvalue weighted by molar-refractivity contribution is 5.85. The highest BCUT2D eigenvalue weighted by Gasteiger charge is 2.36. The molecule has 2 N–H and O–H groups in total. The molecule has 6 heteroatoms. The second-order valence-electron chi connectivity index (χ2n) is 5.03. The minimum atomic E-state index is -0.530. The van der Waals surface area contributed by atoms with Crippen LogP contribution < -0.4 is 10.2 Å². The number of hydrogen-bond donors (Lipinski definition) is 2. The van der Waals surface area contributed by atoms with Gasteiger partial charge in [-0.25, -0.2) is 4.39 Å². The maximum Gasteiger partial charge on any atom is 0.312 e. The van der Waals surface area contributed by atoms with Crippen LogP contribution in [0.5, 0.6) is 0 Å². The fraction of sp³-hybridized carbons (Fsp3) is 0.467. The molecule has 1 fully saturated rings. The van der Waals surface area contributed by atoms with Gasteiger partial charge < -0.3 is 15.0 Å². The number of piperazine rings is 1. The van der Waals surface area contributed by atoms with Crippen LogP contribution in [-0.2, 0) is 20.9 Å². The van der Waals surface area contributed by atoms with Gasteiger partial charge in [-0.15, -0.1) is 0 Å². The molecule has 1 aromatic carbocycles. The molecule has 0 aromatic heterocycles. The third-order valence-corrected chi connectivity index (χ3v) is 3.61. The van der Waals surface area contributed by atoms with Crippen LogP contribution in [0.25, 0.3) is 0 Å². The van der Waals surface area contributed by atoms with Crippen molar-refractivity contribution in [3.8, 4) is 0 Å². The molecule has 0 bridgehead atoms. The number of benzene rings is 1. The summed E-state index contributed by atoms with van der Waals surface area (Å²) in [5, 5.41) is 2.75. The van der Waals surface area contributed by atoms with Gasteiger partial charge in [0, 0.05) is 5.56 Å². The lowest BCUT2D eigenvalue weighted by Gasteiger charge is -2.31. The molecule has 1 aliphatic rings. The first kappa shape index (κ1) is 15.4. The van der Waals surface area contributed by atoms with Gasteiger partial charge >= 0.3 is 5.97 Å². The largest absolute Gasteiger partial charge is 0.466 e. The van der Waals surface area contributed by atoms with E-state index in [9.17, 15) is 14.0 Å². The Balaban J connectivity index is 2.09. The van der Waals surface area contributed by atoms with Crippen molar-refractivity contribution < 1.29 is 23.6 Å². The van der Waals surface area contributed by atoms with Gasteiger partial charge in [0.05, 0.1) is 19.7 Å². The number of amides is 1. The highest BCUT2D eigenvalue weighted by atomic mass is 19.1. The Bertz CT molecular complexity index is 521. The Morgan fingerprint density at radius 3 is 2.95 bits per heavy atom. The minimum absolute atomic E-state index is 0.0173. The van der Waals surface area contributed by atoms with E-state index in [-0.39, 0.29) is 24.8 Å². The Kier molecular flexibility index (Phi) is 5.27. The van der Waals surface area contributed by atoms with E-state index in [1.54, 1.807) is 25.1 Å². The lowest BCUT2D eigenvalue weighted by Crippen LogP contribution is -3.18. The molecule has 1 unspecified atom stereocenters. The van der Waals surface area contributed by atoms with Crippen LogP contribution in [0.2, 0.25) is 0 Å². The number of hydrogen-bond acceptors (Lipinski definition) is 3. The van der Waals surface area contributed by atoms with Crippen molar-refractivity contribution in [1.82, 2.24) is 5.32 Å². The molecule has 0 radical (unpaired) electrons. The maximum absolute atomic E-state index is 13.7. The molecule has 1 heterocycles. The molecule has 2 rings (SSSR count). The topological polar surface area (TPSA) is 59.8 Å². The van der Waals surface area contributed by atoms with E-state index < -0.39 is 12.0 Å². The monoisotopic (exact) mass is 295 g/mol. The molecule has 0 aliphatic carbocycles. The van der Waals surface area contributed by atoms with E-state index in [0.717, 1.165) is 4.90 Å². The predicted octanol–water partition coefficient (Wildman–Crippen LogP) is -0.338. The average molecular weight is 295 g/mol. The van der Waals surface area contributed by atoms with E-state index in [1.807, 2.05) is 0 Å². The smallest absolute Gasteiger partial charge is 0.312 e. The summed E-state index contributed by atoms with van der Waals surface area (Å²) < 4.78 is 18.7. The van der Waals surface area contributed by atoms with Crippen molar-refractivity contribution in [2.45, 2.75) is 25.9 Å². The van der Waals surface area contributed by atoms with Gasteiger partial charge in [0.25, 0.3) is 5.91 Å². The van der Waals surface area contributed by atoms with Crippen LogP contribution >= 0.6 is 0 Å². The van der Waals surface area contributed by atoms with E-state index in [1.165, 1.54) is 6.07 Å². The highest BCUT2D eigenvalue weighted by Crippen LogP contribution is 2.05. The van der Waals surface area contributed by atoms with Crippen molar-refractivity contribution in [2.24, 2.45) is 0 Å². The van der Waals surface area contributed by atoms with Crippen LogP contribution in [0.4, 0.5) is 4.39 Å². The molecule has 1 amide bonds. The molecule has 2 atom stereocenters. The van der Waals surface area contributed by atoms with Gasteiger partial charge in [-0.3, -0.25) is 9.59 Å². The third kappa shape index (κ3) is 4.01. The Hall–Kier alpha value is -1.95. The molecular weight excluding hydrogens is 275 g/mol. The van der Waals surface area contributed by atoms with Gasteiger partial charge in [-0.1, -0.05) is 18.2 Å². The summed E-state index contributed by atoms with van der Waals surface area (Å²) in [6.07, 6.45) is 0.0173. The summed E-state index contributed by atoms with van der Waals surface area (Å²) in [6.45, 7) is 3.58. The van der Waals surface area contributed by atoms with Gasteiger partial charge in [0.15, 0.2) is 6.04 Å². The minimum Gasteiger partial charge on any atom is -0.466 e. The number of quaternary nitrogens is 1. The number of halogens is 1. The molecule has 21 heavy (non-hydrogen) atoms. The van der Waals surface area contributed by atoms with Gasteiger partial charge in [0.1, 0.15) is 18.8 Å². The summed E-state index contributed by atoms with van der Waals surface area (Å²) in [5.74, 6) is -0.864. The quantitative estimate of drug-likeness (QED) is 0.731. The molecular formula is C15H20FN2O3+. The zero-order chi connectivity index (χ0) is 15.2. The van der Waals surface area contributed by atoms with E-state index in [4.69, 9.17) is 4.74 Å². The standard InChI is InChI=1S/C15H19FN2O3/c1-2-21-14(19)9-13-15(20)17-7-8-18(13)10-11-5-3-4-6-12(11)16/h3-6,13H,2,7-10H2,1H3,(H,17,20)/p+1/t13-/m0/s1. The summed E-state index contributed by atoms with van der Waals surface area (Å²) in [7, 11) is 0. The van der Waals surface area contributed by atoms with Crippen LogP contribution in [0.3, 0.4) is 0 Å². The number of carbonyl (C=O) groups excluding carboxylic acids is 2. The fourth-order valence-electron chi connectivity index (χ4n) is 2.55.